The van der Waals surface area contributed by atoms with Crippen LogP contribution in [0.1, 0.15) is 79.6 Å². The van der Waals surface area contributed by atoms with Crippen LogP contribution in [0.5, 0.6) is 0 Å². The van der Waals surface area contributed by atoms with Gasteiger partial charge in [-0.1, -0.05) is 68.1 Å². The minimum atomic E-state index is -0.155. The molecule has 0 radical (unpaired) electrons. The van der Waals surface area contributed by atoms with E-state index in [0.29, 0.717) is 17.4 Å². The number of ketones is 1. The molecule has 1 aromatic heterocycles. The third-order valence-corrected chi connectivity index (χ3v) is 10.2. The zero-order chi connectivity index (χ0) is 24.6. The number of nitrogens with zero attached hydrogens (tertiary/aromatic N) is 2. The number of benzene rings is 2. The van der Waals surface area contributed by atoms with Crippen LogP contribution >= 0.6 is 23.1 Å². The molecular weight excluding hydrogens is 488 g/mol. The number of hydrogen-bond acceptors (Lipinski definition) is 6. The van der Waals surface area contributed by atoms with Crippen LogP contribution in [0.25, 0.3) is 10.2 Å². The molecule has 1 aliphatic heterocycles. The maximum atomic E-state index is 13.0. The highest BCUT2D eigenvalue weighted by Crippen LogP contribution is 2.41. The number of imide groups is 1. The highest BCUT2D eigenvalue weighted by atomic mass is 32.2. The van der Waals surface area contributed by atoms with E-state index in [0.717, 1.165) is 45.8 Å². The van der Waals surface area contributed by atoms with Gasteiger partial charge in [0.1, 0.15) is 0 Å². The van der Waals surface area contributed by atoms with Gasteiger partial charge in [-0.2, -0.15) is 0 Å². The van der Waals surface area contributed by atoms with Crippen molar-refractivity contribution >= 4 is 56.6 Å². The number of thiazole rings is 1. The molecule has 3 aromatic rings. The zero-order valence-corrected chi connectivity index (χ0v) is 21.9. The summed E-state index contributed by atoms with van der Waals surface area (Å²) in [7, 11) is 0. The van der Waals surface area contributed by atoms with E-state index in [1.165, 1.54) is 65.7 Å². The number of thioether (sulfide) groups is 1. The summed E-state index contributed by atoms with van der Waals surface area (Å²) < 4.78 is 1.75. The van der Waals surface area contributed by atoms with Gasteiger partial charge in [0, 0.05) is 5.56 Å². The number of hydrogen-bond donors (Lipinski definition) is 0. The number of anilines is 1. The highest BCUT2D eigenvalue weighted by Gasteiger charge is 2.48. The van der Waals surface area contributed by atoms with Crippen molar-refractivity contribution in [2.45, 2.75) is 68.0 Å². The van der Waals surface area contributed by atoms with Crippen molar-refractivity contribution in [1.29, 1.82) is 0 Å². The van der Waals surface area contributed by atoms with Gasteiger partial charge < -0.3 is 0 Å². The normalized spacial score (nSPS) is 22.8. The van der Waals surface area contributed by atoms with Gasteiger partial charge in [-0.3, -0.25) is 19.3 Å². The molecule has 36 heavy (non-hydrogen) atoms. The maximum absolute atomic E-state index is 13.0. The van der Waals surface area contributed by atoms with Gasteiger partial charge in [0.25, 0.3) is 0 Å². The molecule has 2 aromatic carbocycles. The number of aromatic nitrogens is 1. The van der Waals surface area contributed by atoms with E-state index < -0.39 is 0 Å². The number of rotatable bonds is 6. The quantitative estimate of drug-likeness (QED) is 0.200. The zero-order valence-electron chi connectivity index (χ0n) is 20.3. The molecule has 0 unspecified atom stereocenters. The Balaban J connectivity index is 1.12. The fourth-order valence-electron chi connectivity index (χ4n) is 6.10. The SMILES string of the molecule is O=C(CSc1nc2ccc(N3C(=O)[C@H]4CCCC[C@H]4C3=O)cc2s1)c1ccc(C2CCCCC2)cc1. The Kier molecular flexibility index (Phi) is 6.69. The Hall–Kier alpha value is -2.51. The third-order valence-electron chi connectivity index (χ3n) is 8.09. The third kappa shape index (κ3) is 4.52. The molecule has 7 heteroatoms. The van der Waals surface area contributed by atoms with Gasteiger partial charge in [0.15, 0.2) is 10.1 Å². The molecule has 2 saturated carbocycles. The van der Waals surface area contributed by atoms with Crippen LogP contribution in [0.3, 0.4) is 0 Å². The van der Waals surface area contributed by atoms with Gasteiger partial charge in [0.2, 0.25) is 11.8 Å². The average Bonchev–Trinajstić information content (AvgIpc) is 3.45. The Bertz CT molecular complexity index is 1290. The van der Waals surface area contributed by atoms with Gasteiger partial charge in [-0.05, 0) is 55.4 Å². The van der Waals surface area contributed by atoms with Crippen LogP contribution < -0.4 is 4.90 Å². The van der Waals surface area contributed by atoms with Crippen molar-refractivity contribution in [2.24, 2.45) is 11.8 Å². The lowest BCUT2D eigenvalue weighted by atomic mass is 9.81. The second kappa shape index (κ2) is 10.1. The lowest BCUT2D eigenvalue weighted by molar-refractivity contribution is -0.122. The smallest absolute Gasteiger partial charge is 0.237 e. The Morgan fingerprint density at radius 2 is 1.56 bits per heavy atom. The monoisotopic (exact) mass is 518 g/mol. The average molecular weight is 519 g/mol. The largest absolute Gasteiger partial charge is 0.293 e. The van der Waals surface area contributed by atoms with Crippen LogP contribution in [0, 0.1) is 11.8 Å². The van der Waals surface area contributed by atoms with Gasteiger partial charge in [0.05, 0.1) is 33.5 Å². The molecule has 0 bridgehead atoms. The van der Waals surface area contributed by atoms with E-state index >= 15 is 0 Å². The topological polar surface area (TPSA) is 67.3 Å². The number of amides is 2. The van der Waals surface area contributed by atoms with E-state index in [1.807, 2.05) is 30.3 Å². The van der Waals surface area contributed by atoms with Gasteiger partial charge in [-0.25, -0.2) is 4.98 Å². The molecule has 0 spiro atoms. The Labute approximate surface area is 219 Å². The number of Topliss-reactive ketones (excluding diaryl/α,β-unsaturated/α-hetero) is 1. The Morgan fingerprint density at radius 1 is 0.889 bits per heavy atom. The lowest BCUT2D eigenvalue weighted by Gasteiger charge is -2.22. The molecule has 2 atom stereocenters. The van der Waals surface area contributed by atoms with Crippen LogP contribution in [0.15, 0.2) is 46.8 Å². The minimum Gasteiger partial charge on any atom is -0.293 e. The summed E-state index contributed by atoms with van der Waals surface area (Å²) in [5, 5.41) is 0. The first-order valence-corrected chi connectivity index (χ1v) is 14.9. The van der Waals surface area contributed by atoms with Crippen LogP contribution in [0.4, 0.5) is 5.69 Å². The van der Waals surface area contributed by atoms with Crippen molar-refractivity contribution in [3.63, 3.8) is 0 Å². The summed E-state index contributed by atoms with van der Waals surface area (Å²) in [6.07, 6.45) is 10.1. The van der Waals surface area contributed by atoms with Gasteiger partial charge in [-0.15, -0.1) is 11.3 Å². The molecule has 3 aliphatic rings. The van der Waals surface area contributed by atoms with Crippen LogP contribution in [-0.2, 0) is 9.59 Å². The number of fused-ring (bicyclic) bond motifs is 2. The number of carbonyl (C=O) groups is 3. The van der Waals surface area contributed by atoms with Gasteiger partial charge >= 0.3 is 0 Å². The van der Waals surface area contributed by atoms with Crippen LogP contribution in [0.2, 0.25) is 0 Å². The second-order valence-corrected chi connectivity index (χ2v) is 12.6. The summed E-state index contributed by atoms with van der Waals surface area (Å²) in [6.45, 7) is 0. The first-order chi connectivity index (χ1) is 17.6. The predicted octanol–water partition coefficient (Wildman–Crippen LogP) is 7.00. The standard InChI is InChI=1S/C29H30N2O3S2/c32-25(20-12-10-19(11-13-20)18-6-2-1-3-7-18)17-35-29-30-24-15-14-21(16-26(24)36-29)31-27(33)22-8-4-5-9-23(22)28(31)34/h10-16,18,22-23H,1-9,17H2/t22-,23+. The molecule has 186 valence electrons. The molecule has 2 amide bonds. The maximum Gasteiger partial charge on any atom is 0.237 e. The summed E-state index contributed by atoms with van der Waals surface area (Å²) in [4.78, 5) is 44.8. The van der Waals surface area contributed by atoms with Crippen molar-refractivity contribution in [2.75, 3.05) is 10.7 Å². The fraction of sp³-hybridized carbons (Fsp3) is 0.448. The van der Waals surface area contributed by atoms with Crippen molar-refractivity contribution in [1.82, 2.24) is 4.98 Å². The summed E-state index contributed by atoms with van der Waals surface area (Å²) in [5.74, 6) is 0.661. The van der Waals surface area contributed by atoms with E-state index in [1.54, 1.807) is 0 Å². The molecule has 2 aliphatic carbocycles. The highest BCUT2D eigenvalue weighted by molar-refractivity contribution is 8.01. The molecule has 0 N–H and O–H groups in total. The molecule has 5 nitrogen and oxygen atoms in total. The van der Waals surface area contributed by atoms with Crippen molar-refractivity contribution in [3.05, 3.63) is 53.6 Å². The summed E-state index contributed by atoms with van der Waals surface area (Å²) in [5.41, 5.74) is 3.57. The van der Waals surface area contributed by atoms with E-state index in [4.69, 9.17) is 0 Å². The summed E-state index contributed by atoms with van der Waals surface area (Å²) in [6, 6.07) is 13.8. The summed E-state index contributed by atoms with van der Waals surface area (Å²) >= 11 is 2.95. The minimum absolute atomic E-state index is 0.0525. The first kappa shape index (κ1) is 23.9. The lowest BCUT2D eigenvalue weighted by Crippen LogP contribution is -2.30. The predicted molar refractivity (Wildman–Crippen MR) is 145 cm³/mol. The van der Waals surface area contributed by atoms with Crippen molar-refractivity contribution < 1.29 is 14.4 Å². The van der Waals surface area contributed by atoms with E-state index in [-0.39, 0.29) is 29.4 Å². The molecule has 2 heterocycles. The van der Waals surface area contributed by atoms with E-state index in [9.17, 15) is 14.4 Å². The molecule has 6 rings (SSSR count). The first-order valence-electron chi connectivity index (χ1n) is 13.1. The molecule has 3 fully saturated rings. The molecular formula is C29H30N2O3S2. The van der Waals surface area contributed by atoms with Crippen LogP contribution in [-0.4, -0.2) is 28.3 Å². The molecule has 1 saturated heterocycles. The Morgan fingerprint density at radius 3 is 2.25 bits per heavy atom. The van der Waals surface area contributed by atoms with Crippen molar-refractivity contribution in [3.8, 4) is 0 Å². The van der Waals surface area contributed by atoms with E-state index in [2.05, 4.69) is 17.1 Å². The fourth-order valence-corrected chi connectivity index (χ4v) is 8.09. The second-order valence-electron chi connectivity index (χ2n) is 10.3. The number of carbonyl (C=O) groups excluding carboxylic acids is 3.